The van der Waals surface area contributed by atoms with Gasteiger partial charge >= 0.3 is 0 Å². The fourth-order valence-electron chi connectivity index (χ4n) is 1.28. The van der Waals surface area contributed by atoms with Gasteiger partial charge in [0.2, 0.25) is 0 Å². The first kappa shape index (κ1) is 13.2. The van der Waals surface area contributed by atoms with E-state index in [1.165, 1.54) is 4.80 Å². The van der Waals surface area contributed by atoms with Gasteiger partial charge in [-0.2, -0.15) is 5.10 Å². The molecule has 6 nitrogen and oxygen atoms in total. The third-order valence-electron chi connectivity index (χ3n) is 2.12. The Bertz CT molecular complexity index is 585. The molecule has 0 radical (unpaired) electrons. The second-order valence-corrected chi connectivity index (χ2v) is 4.32. The van der Waals surface area contributed by atoms with Crippen LogP contribution in [0.3, 0.4) is 0 Å². The third-order valence-corrected chi connectivity index (χ3v) is 2.37. The molecule has 0 aliphatic carbocycles. The zero-order valence-electron chi connectivity index (χ0n) is 10.6. The molecule has 0 spiro atoms. The lowest BCUT2D eigenvalue weighted by molar-refractivity contribution is 0.440. The summed E-state index contributed by atoms with van der Waals surface area (Å²) in [6.45, 7) is 0. The summed E-state index contributed by atoms with van der Waals surface area (Å²) in [6.07, 6.45) is 5.14. The highest BCUT2D eigenvalue weighted by Gasteiger charge is 2.01. The van der Waals surface area contributed by atoms with Crippen LogP contribution in [0.15, 0.2) is 35.4 Å². The predicted octanol–water partition coefficient (Wildman–Crippen LogP) is 1.88. The Hall–Kier alpha value is -2.21. The Morgan fingerprint density at radius 1 is 1.26 bits per heavy atom. The molecule has 0 N–H and O–H groups in total. The zero-order chi connectivity index (χ0) is 13.7. The van der Waals surface area contributed by atoms with Gasteiger partial charge in [-0.15, -0.1) is 15.0 Å². The molecular formula is C12H13ClN6. The molecule has 0 atom stereocenters. The molecule has 98 valence electrons. The van der Waals surface area contributed by atoms with E-state index in [1.807, 2.05) is 26.2 Å². The summed E-state index contributed by atoms with van der Waals surface area (Å²) in [4.78, 5) is 1.44. The SMILES string of the molecule is CN(C)/N=C/C=C/c1nnn(-c2ccc(Cl)cc2)n1. The summed E-state index contributed by atoms with van der Waals surface area (Å²) >= 11 is 5.82. The molecule has 0 fully saturated rings. The van der Waals surface area contributed by atoms with Crippen LogP contribution in [0.2, 0.25) is 5.02 Å². The number of hydrogen-bond donors (Lipinski definition) is 0. The van der Waals surface area contributed by atoms with Crippen molar-refractivity contribution in [2.75, 3.05) is 14.1 Å². The number of aromatic nitrogens is 4. The van der Waals surface area contributed by atoms with Crippen molar-refractivity contribution in [3.63, 3.8) is 0 Å². The normalized spacial score (nSPS) is 11.5. The van der Waals surface area contributed by atoms with E-state index < -0.39 is 0 Å². The van der Waals surface area contributed by atoms with Gasteiger partial charge in [0.05, 0.1) is 5.69 Å². The van der Waals surface area contributed by atoms with Crippen LogP contribution in [0.4, 0.5) is 0 Å². The maximum absolute atomic E-state index is 5.82. The molecule has 1 aromatic carbocycles. The van der Waals surface area contributed by atoms with E-state index in [4.69, 9.17) is 11.6 Å². The van der Waals surface area contributed by atoms with Crippen molar-refractivity contribution in [2.45, 2.75) is 0 Å². The lowest BCUT2D eigenvalue weighted by Crippen LogP contribution is -2.00. The van der Waals surface area contributed by atoms with Gasteiger partial charge in [0.1, 0.15) is 0 Å². The van der Waals surface area contributed by atoms with Gasteiger partial charge in [-0.05, 0) is 41.6 Å². The van der Waals surface area contributed by atoms with Crippen LogP contribution < -0.4 is 0 Å². The molecule has 1 heterocycles. The summed E-state index contributed by atoms with van der Waals surface area (Å²) in [6, 6.07) is 7.20. The maximum Gasteiger partial charge on any atom is 0.198 e. The predicted molar refractivity (Wildman–Crippen MR) is 75.4 cm³/mol. The first-order valence-electron chi connectivity index (χ1n) is 5.59. The minimum absolute atomic E-state index is 0.514. The summed E-state index contributed by atoms with van der Waals surface area (Å²) < 4.78 is 0. The number of benzene rings is 1. The fourth-order valence-corrected chi connectivity index (χ4v) is 1.40. The molecule has 0 bridgehead atoms. The van der Waals surface area contributed by atoms with E-state index in [2.05, 4.69) is 20.5 Å². The topological polar surface area (TPSA) is 59.2 Å². The molecule has 0 aliphatic rings. The number of tetrazole rings is 1. The first-order valence-corrected chi connectivity index (χ1v) is 5.97. The summed E-state index contributed by atoms with van der Waals surface area (Å²) in [5.74, 6) is 0.514. The van der Waals surface area contributed by atoms with Gasteiger partial charge in [-0.25, -0.2) is 0 Å². The Balaban J connectivity index is 2.09. The largest absolute Gasteiger partial charge is 0.303 e. The van der Waals surface area contributed by atoms with E-state index in [9.17, 15) is 0 Å². The lowest BCUT2D eigenvalue weighted by atomic mass is 10.3. The quantitative estimate of drug-likeness (QED) is 0.632. The van der Waals surface area contributed by atoms with Gasteiger partial charge in [0.15, 0.2) is 5.82 Å². The standard InChI is InChI=1S/C12H13ClN6/c1-18(2)14-9-3-4-12-15-17-19(16-12)11-7-5-10(13)6-8-11/h3-9H,1-2H3/b4-3+,14-9+. The van der Waals surface area contributed by atoms with E-state index in [-0.39, 0.29) is 0 Å². The summed E-state index contributed by atoms with van der Waals surface area (Å²) in [5, 5.41) is 18.5. The highest BCUT2D eigenvalue weighted by molar-refractivity contribution is 6.30. The van der Waals surface area contributed by atoms with Crippen LogP contribution in [-0.2, 0) is 0 Å². The monoisotopic (exact) mass is 276 g/mol. The molecular weight excluding hydrogens is 264 g/mol. The van der Waals surface area contributed by atoms with E-state index >= 15 is 0 Å². The number of nitrogens with zero attached hydrogens (tertiary/aromatic N) is 6. The highest BCUT2D eigenvalue weighted by Crippen LogP contribution is 2.11. The second-order valence-electron chi connectivity index (χ2n) is 3.88. The third kappa shape index (κ3) is 3.89. The van der Waals surface area contributed by atoms with E-state index in [0.717, 1.165) is 5.69 Å². The molecule has 1 aromatic heterocycles. The van der Waals surface area contributed by atoms with Crippen LogP contribution in [-0.4, -0.2) is 45.5 Å². The zero-order valence-corrected chi connectivity index (χ0v) is 11.4. The van der Waals surface area contributed by atoms with Crippen molar-refractivity contribution < 1.29 is 0 Å². The molecule has 7 heteroatoms. The molecule has 0 unspecified atom stereocenters. The van der Waals surface area contributed by atoms with Crippen molar-refractivity contribution in [1.82, 2.24) is 25.2 Å². The van der Waals surface area contributed by atoms with Gasteiger partial charge < -0.3 is 5.01 Å². The molecule has 0 aliphatic heterocycles. The van der Waals surface area contributed by atoms with Gasteiger partial charge in [0.25, 0.3) is 0 Å². The van der Waals surface area contributed by atoms with Gasteiger partial charge in [-0.1, -0.05) is 11.6 Å². The fraction of sp³-hybridized carbons (Fsp3) is 0.167. The Morgan fingerprint density at radius 3 is 2.68 bits per heavy atom. The smallest absolute Gasteiger partial charge is 0.198 e. The lowest BCUT2D eigenvalue weighted by Gasteiger charge is -1.99. The average molecular weight is 277 g/mol. The van der Waals surface area contributed by atoms with E-state index in [0.29, 0.717) is 10.8 Å². The molecule has 0 amide bonds. The first-order chi connectivity index (χ1) is 9.15. The number of hydrogen-bond acceptors (Lipinski definition) is 5. The Labute approximate surface area is 116 Å². The molecule has 2 aromatic rings. The van der Waals surface area contributed by atoms with Crippen molar-refractivity contribution >= 4 is 23.9 Å². The Morgan fingerprint density at radius 2 is 2.00 bits per heavy atom. The van der Waals surface area contributed by atoms with Gasteiger partial charge in [0, 0.05) is 25.3 Å². The van der Waals surface area contributed by atoms with Crippen LogP contribution in [0.1, 0.15) is 5.82 Å². The molecule has 2 rings (SSSR count). The summed E-state index contributed by atoms with van der Waals surface area (Å²) in [5.41, 5.74) is 0.804. The highest BCUT2D eigenvalue weighted by atomic mass is 35.5. The molecule has 0 saturated carbocycles. The molecule has 19 heavy (non-hydrogen) atoms. The maximum atomic E-state index is 5.82. The minimum atomic E-state index is 0.514. The van der Waals surface area contributed by atoms with Crippen LogP contribution in [0, 0.1) is 0 Å². The summed E-state index contributed by atoms with van der Waals surface area (Å²) in [7, 11) is 3.69. The number of hydrazone groups is 1. The van der Waals surface area contributed by atoms with Crippen molar-refractivity contribution in [2.24, 2.45) is 5.10 Å². The second kappa shape index (κ2) is 6.10. The van der Waals surface area contributed by atoms with Gasteiger partial charge in [-0.3, -0.25) is 0 Å². The number of rotatable bonds is 4. The molecule has 0 saturated heterocycles. The van der Waals surface area contributed by atoms with Crippen molar-refractivity contribution in [3.05, 3.63) is 41.2 Å². The van der Waals surface area contributed by atoms with Crippen LogP contribution in [0.25, 0.3) is 11.8 Å². The number of allylic oxidation sites excluding steroid dienone is 1. The minimum Gasteiger partial charge on any atom is -0.303 e. The Kier molecular flexibility index (Phi) is 4.25. The van der Waals surface area contributed by atoms with Crippen LogP contribution >= 0.6 is 11.6 Å². The average Bonchev–Trinajstić information content (AvgIpc) is 2.84. The number of halogens is 1. The van der Waals surface area contributed by atoms with Crippen molar-refractivity contribution in [3.8, 4) is 5.69 Å². The van der Waals surface area contributed by atoms with Crippen LogP contribution in [0.5, 0.6) is 0 Å². The van der Waals surface area contributed by atoms with Crippen molar-refractivity contribution in [1.29, 1.82) is 0 Å². The van der Waals surface area contributed by atoms with E-state index in [1.54, 1.807) is 35.5 Å².